The van der Waals surface area contributed by atoms with Crippen LogP contribution < -0.4 is 0 Å². The van der Waals surface area contributed by atoms with Crippen molar-refractivity contribution in [3.63, 3.8) is 0 Å². The molecular formula is C51H31N3OS. The highest BCUT2D eigenvalue weighted by atomic mass is 32.1. The molecule has 0 unspecified atom stereocenters. The lowest BCUT2D eigenvalue weighted by Crippen LogP contribution is -2.00. The van der Waals surface area contributed by atoms with Crippen molar-refractivity contribution in [3.05, 3.63) is 188 Å². The first-order chi connectivity index (χ1) is 27.7. The van der Waals surface area contributed by atoms with Gasteiger partial charge in [0, 0.05) is 53.2 Å². The maximum absolute atomic E-state index is 6.67. The molecular weight excluding hydrogens is 703 g/mol. The van der Waals surface area contributed by atoms with Gasteiger partial charge in [-0.2, -0.15) is 0 Å². The largest absolute Gasteiger partial charge is 0.455 e. The Morgan fingerprint density at radius 1 is 0.357 bits per heavy atom. The van der Waals surface area contributed by atoms with Crippen molar-refractivity contribution in [2.75, 3.05) is 0 Å². The Bertz CT molecular complexity index is 3240. The average Bonchev–Trinajstić information content (AvgIpc) is 3.86. The van der Waals surface area contributed by atoms with Crippen molar-refractivity contribution < 1.29 is 4.42 Å². The Hall–Kier alpha value is -7.21. The topological polar surface area (TPSA) is 51.8 Å². The maximum atomic E-state index is 6.67. The Morgan fingerprint density at radius 3 is 1.77 bits per heavy atom. The molecule has 3 heterocycles. The van der Waals surface area contributed by atoms with E-state index in [4.69, 9.17) is 19.4 Å². The number of para-hydroxylation sites is 1. The summed E-state index contributed by atoms with van der Waals surface area (Å²) in [5.41, 5.74) is 11.4. The zero-order valence-electron chi connectivity index (χ0n) is 30.1. The average molecular weight is 734 g/mol. The van der Waals surface area contributed by atoms with Crippen molar-refractivity contribution in [2.24, 2.45) is 0 Å². The van der Waals surface area contributed by atoms with E-state index in [1.54, 1.807) is 11.3 Å². The molecule has 0 atom stereocenters. The second kappa shape index (κ2) is 13.3. The van der Waals surface area contributed by atoms with Gasteiger partial charge in [0.1, 0.15) is 11.2 Å². The normalized spacial score (nSPS) is 11.6. The molecule has 0 saturated heterocycles. The van der Waals surface area contributed by atoms with E-state index in [-0.39, 0.29) is 0 Å². The lowest BCUT2D eigenvalue weighted by atomic mass is 9.94. The Kier molecular flexibility index (Phi) is 7.64. The van der Waals surface area contributed by atoms with E-state index >= 15 is 0 Å². The molecule has 0 bridgehead atoms. The molecule has 0 aliphatic rings. The van der Waals surface area contributed by atoms with E-state index in [0.717, 1.165) is 65.6 Å². The summed E-state index contributed by atoms with van der Waals surface area (Å²) in [6.45, 7) is 0. The van der Waals surface area contributed by atoms with E-state index in [1.165, 1.54) is 26.6 Å². The zero-order valence-corrected chi connectivity index (χ0v) is 30.9. The van der Waals surface area contributed by atoms with Crippen LogP contribution in [-0.4, -0.2) is 15.0 Å². The standard InChI is InChI=1S/C51H31N3OS/c1-4-14-32(15-5-1)35-20-12-21-37(30-35)50-52-49(34-18-8-3-9-19-34)53-51(54-50)42-24-13-23-40-43-31-36(26-29-45(43)56-48(40)42)39-28-27-38(33-16-6-2-7-17-33)46-41-22-10-11-25-44(41)55-47(39)46/h1-31H. The molecule has 262 valence electrons. The van der Waals surface area contributed by atoms with E-state index in [0.29, 0.717) is 17.5 Å². The van der Waals surface area contributed by atoms with Gasteiger partial charge in [-0.05, 0) is 64.2 Å². The number of rotatable bonds is 6. The number of aromatic nitrogens is 3. The van der Waals surface area contributed by atoms with Gasteiger partial charge in [-0.25, -0.2) is 15.0 Å². The fourth-order valence-electron chi connectivity index (χ4n) is 7.87. The Morgan fingerprint density at radius 2 is 0.964 bits per heavy atom. The maximum Gasteiger partial charge on any atom is 0.165 e. The van der Waals surface area contributed by atoms with Gasteiger partial charge in [0.15, 0.2) is 17.5 Å². The van der Waals surface area contributed by atoms with Gasteiger partial charge < -0.3 is 4.42 Å². The molecule has 0 amide bonds. The van der Waals surface area contributed by atoms with Crippen LogP contribution in [0.5, 0.6) is 0 Å². The van der Waals surface area contributed by atoms with E-state index in [2.05, 4.69) is 158 Å². The third-order valence-electron chi connectivity index (χ3n) is 10.6. The first kappa shape index (κ1) is 32.2. The predicted molar refractivity (Wildman–Crippen MR) is 233 cm³/mol. The summed E-state index contributed by atoms with van der Waals surface area (Å²) in [4.78, 5) is 15.3. The predicted octanol–water partition coefficient (Wildman–Crippen LogP) is 14.1. The molecule has 11 rings (SSSR count). The van der Waals surface area contributed by atoms with Gasteiger partial charge >= 0.3 is 0 Å². The molecule has 0 aliphatic carbocycles. The van der Waals surface area contributed by atoms with Crippen LogP contribution >= 0.6 is 11.3 Å². The highest BCUT2D eigenvalue weighted by Crippen LogP contribution is 2.45. The molecule has 56 heavy (non-hydrogen) atoms. The van der Waals surface area contributed by atoms with E-state index in [9.17, 15) is 0 Å². The summed E-state index contributed by atoms with van der Waals surface area (Å²) in [6, 6.07) is 65.6. The second-order valence-electron chi connectivity index (χ2n) is 13.9. The van der Waals surface area contributed by atoms with E-state index in [1.807, 2.05) is 30.3 Å². The summed E-state index contributed by atoms with van der Waals surface area (Å²) >= 11 is 1.77. The highest BCUT2D eigenvalue weighted by molar-refractivity contribution is 7.26. The molecule has 0 radical (unpaired) electrons. The van der Waals surface area contributed by atoms with Crippen LogP contribution in [0, 0.1) is 0 Å². The highest BCUT2D eigenvalue weighted by Gasteiger charge is 2.20. The number of thiophene rings is 1. The molecule has 8 aromatic carbocycles. The summed E-state index contributed by atoms with van der Waals surface area (Å²) in [7, 11) is 0. The summed E-state index contributed by atoms with van der Waals surface area (Å²) < 4.78 is 9.01. The van der Waals surface area contributed by atoms with Crippen LogP contribution in [0.3, 0.4) is 0 Å². The van der Waals surface area contributed by atoms with Crippen molar-refractivity contribution in [1.82, 2.24) is 15.0 Å². The first-order valence-corrected chi connectivity index (χ1v) is 19.5. The Balaban J connectivity index is 1.07. The van der Waals surface area contributed by atoms with Crippen LogP contribution in [0.25, 0.3) is 110 Å². The van der Waals surface area contributed by atoms with Crippen LogP contribution in [0.2, 0.25) is 0 Å². The zero-order chi connectivity index (χ0) is 37.0. The summed E-state index contributed by atoms with van der Waals surface area (Å²) in [6.07, 6.45) is 0. The third-order valence-corrected chi connectivity index (χ3v) is 11.8. The van der Waals surface area contributed by atoms with Gasteiger partial charge in [0.25, 0.3) is 0 Å². The smallest absolute Gasteiger partial charge is 0.165 e. The number of furan rings is 1. The van der Waals surface area contributed by atoms with Gasteiger partial charge in [0.2, 0.25) is 0 Å². The molecule has 0 fully saturated rings. The Labute approximate surface area is 327 Å². The second-order valence-corrected chi connectivity index (χ2v) is 15.0. The SMILES string of the molecule is c1ccc(-c2cccc(-c3nc(-c4ccccc4)nc(-c4cccc5c4sc4ccc(-c6ccc(-c7ccccc7)c7c6oc6ccccc67)cc45)n3)c2)cc1. The third kappa shape index (κ3) is 5.48. The van der Waals surface area contributed by atoms with Crippen molar-refractivity contribution in [1.29, 1.82) is 0 Å². The van der Waals surface area contributed by atoms with Crippen molar-refractivity contribution in [3.8, 4) is 67.5 Å². The molecule has 0 spiro atoms. The van der Waals surface area contributed by atoms with Crippen LogP contribution in [-0.2, 0) is 0 Å². The minimum absolute atomic E-state index is 0.640. The van der Waals surface area contributed by atoms with Crippen molar-refractivity contribution >= 4 is 53.4 Å². The van der Waals surface area contributed by atoms with Gasteiger partial charge in [0.05, 0.1) is 0 Å². The minimum Gasteiger partial charge on any atom is -0.455 e. The van der Waals surface area contributed by atoms with Gasteiger partial charge in [-0.1, -0.05) is 152 Å². The monoisotopic (exact) mass is 733 g/mol. The lowest BCUT2D eigenvalue weighted by Gasteiger charge is -2.10. The fraction of sp³-hybridized carbons (Fsp3) is 0. The summed E-state index contributed by atoms with van der Waals surface area (Å²) in [5, 5.41) is 4.61. The number of nitrogens with zero attached hydrogens (tertiary/aromatic N) is 3. The number of hydrogen-bond donors (Lipinski definition) is 0. The molecule has 0 N–H and O–H groups in total. The molecule has 11 aromatic rings. The first-order valence-electron chi connectivity index (χ1n) is 18.7. The number of benzene rings is 8. The van der Waals surface area contributed by atoms with Crippen LogP contribution in [0.15, 0.2) is 192 Å². The molecule has 4 nitrogen and oxygen atoms in total. The lowest BCUT2D eigenvalue weighted by molar-refractivity contribution is 0.670. The summed E-state index contributed by atoms with van der Waals surface area (Å²) in [5.74, 6) is 1.93. The van der Waals surface area contributed by atoms with Crippen LogP contribution in [0.1, 0.15) is 0 Å². The molecule has 0 saturated carbocycles. The van der Waals surface area contributed by atoms with Crippen molar-refractivity contribution in [2.45, 2.75) is 0 Å². The molecule has 0 aliphatic heterocycles. The number of hydrogen-bond acceptors (Lipinski definition) is 5. The fourth-order valence-corrected chi connectivity index (χ4v) is 9.06. The minimum atomic E-state index is 0.640. The quantitative estimate of drug-likeness (QED) is 0.171. The number of fused-ring (bicyclic) bond motifs is 6. The van der Waals surface area contributed by atoms with Crippen LogP contribution in [0.4, 0.5) is 0 Å². The van der Waals surface area contributed by atoms with Gasteiger partial charge in [-0.3, -0.25) is 0 Å². The van der Waals surface area contributed by atoms with E-state index < -0.39 is 0 Å². The molecule has 3 aromatic heterocycles. The molecule has 5 heteroatoms. The van der Waals surface area contributed by atoms with Gasteiger partial charge in [-0.15, -0.1) is 11.3 Å².